The lowest BCUT2D eigenvalue weighted by molar-refractivity contribution is -0.149. The van der Waals surface area contributed by atoms with Crippen LogP contribution in [-0.4, -0.2) is 48.4 Å². The van der Waals surface area contributed by atoms with E-state index in [2.05, 4.69) is 5.09 Å². The average Bonchev–Trinajstić information content (AvgIpc) is 3.36. The highest BCUT2D eigenvalue weighted by Crippen LogP contribution is 2.37. The van der Waals surface area contributed by atoms with Crippen molar-refractivity contribution in [1.29, 1.82) is 0 Å². The Morgan fingerprint density at radius 1 is 1.11 bits per heavy atom. The maximum atomic E-state index is 12.4. The van der Waals surface area contributed by atoms with Crippen LogP contribution in [0.1, 0.15) is 51.4 Å². The zero-order valence-electron chi connectivity index (χ0n) is 19.8. The van der Waals surface area contributed by atoms with Crippen LogP contribution >= 0.6 is 8.53 Å². The summed E-state index contributed by atoms with van der Waals surface area (Å²) in [7, 11) is -1.58. The van der Waals surface area contributed by atoms with Gasteiger partial charge in [0, 0.05) is 18.0 Å². The van der Waals surface area contributed by atoms with E-state index in [-0.39, 0.29) is 30.9 Å². The summed E-state index contributed by atoms with van der Waals surface area (Å²) in [5.41, 5.74) is 5.98. The fraction of sp³-hybridized carbons (Fsp3) is 0.520. The molecule has 0 aromatic heterocycles. The summed E-state index contributed by atoms with van der Waals surface area (Å²) in [5, 5.41) is 3.08. The Hall–Kier alpha value is -2.45. The zero-order valence-corrected chi connectivity index (χ0v) is 20.7. The molecule has 1 saturated carbocycles. The minimum Gasteiger partial charge on any atom is -0.461 e. The standard InChI is InChI=1S/C25H34N3O6P/c26-25(30)19-8-7-15-28(17-19)23-14-13-22(32-23)18-31-35(34-21-11-5-2-6-12-21)27-16-24(29)33-20-9-3-1-4-10-20/h2,5-7,11-12,15,17,20,22-23,27H,1,3-4,8-10,13-14,16,18H2,(H2,26,30). The van der Waals surface area contributed by atoms with Crippen LogP contribution in [0.15, 0.2) is 54.4 Å². The molecule has 35 heavy (non-hydrogen) atoms. The molecular formula is C25H34N3O6P. The van der Waals surface area contributed by atoms with Gasteiger partial charge >= 0.3 is 14.5 Å². The van der Waals surface area contributed by atoms with E-state index in [1.54, 1.807) is 6.20 Å². The van der Waals surface area contributed by atoms with Crippen LogP contribution in [0.25, 0.3) is 0 Å². The number of nitrogens with zero attached hydrogens (tertiary/aromatic N) is 1. The Morgan fingerprint density at radius 3 is 2.69 bits per heavy atom. The molecule has 1 aromatic carbocycles. The largest absolute Gasteiger partial charge is 0.461 e. The predicted molar refractivity (Wildman–Crippen MR) is 132 cm³/mol. The number of esters is 1. The van der Waals surface area contributed by atoms with Gasteiger partial charge < -0.3 is 29.2 Å². The van der Waals surface area contributed by atoms with Gasteiger partial charge in [-0.15, -0.1) is 0 Å². The number of carbonyl (C=O) groups is 2. The van der Waals surface area contributed by atoms with Gasteiger partial charge in [0.1, 0.15) is 24.6 Å². The molecule has 4 rings (SSSR count). The monoisotopic (exact) mass is 503 g/mol. The molecular weight excluding hydrogens is 469 g/mol. The second-order valence-electron chi connectivity index (χ2n) is 8.89. The number of rotatable bonds is 11. The van der Waals surface area contributed by atoms with Crippen LogP contribution in [0.5, 0.6) is 5.75 Å². The van der Waals surface area contributed by atoms with Gasteiger partial charge in [-0.25, -0.2) is 5.09 Å². The van der Waals surface area contributed by atoms with Crippen LogP contribution in [-0.2, 0) is 23.6 Å². The molecule has 1 aromatic rings. The lowest BCUT2D eigenvalue weighted by Gasteiger charge is -2.27. The van der Waals surface area contributed by atoms with Gasteiger partial charge in [-0.3, -0.25) is 9.59 Å². The second kappa shape index (κ2) is 13.0. The van der Waals surface area contributed by atoms with Crippen molar-refractivity contribution in [3.8, 4) is 5.75 Å². The second-order valence-corrected chi connectivity index (χ2v) is 10.2. The smallest absolute Gasteiger partial charge is 0.320 e. The van der Waals surface area contributed by atoms with Crippen LogP contribution < -0.4 is 15.3 Å². The van der Waals surface area contributed by atoms with Crippen LogP contribution in [0.4, 0.5) is 0 Å². The minimum atomic E-state index is -1.58. The van der Waals surface area contributed by atoms with Gasteiger partial charge in [0.15, 0.2) is 0 Å². The van der Waals surface area contributed by atoms with Crippen molar-refractivity contribution >= 4 is 20.4 Å². The first-order chi connectivity index (χ1) is 17.1. The summed E-state index contributed by atoms with van der Waals surface area (Å²) >= 11 is 0. The molecule has 2 aliphatic heterocycles. The Balaban J connectivity index is 1.27. The third kappa shape index (κ3) is 8.04. The van der Waals surface area contributed by atoms with Crippen LogP contribution in [0.3, 0.4) is 0 Å². The number of ether oxygens (including phenoxy) is 2. The van der Waals surface area contributed by atoms with Gasteiger partial charge in [0.2, 0.25) is 5.91 Å². The first-order valence-electron chi connectivity index (χ1n) is 12.3. The molecule has 2 heterocycles. The van der Waals surface area contributed by atoms with Crippen LogP contribution in [0, 0.1) is 0 Å². The summed E-state index contributed by atoms with van der Waals surface area (Å²) in [4.78, 5) is 25.8. The molecule has 3 atom stereocenters. The van der Waals surface area contributed by atoms with Crippen molar-refractivity contribution in [3.63, 3.8) is 0 Å². The maximum absolute atomic E-state index is 12.4. The zero-order chi connectivity index (χ0) is 24.5. The number of para-hydroxylation sites is 1. The molecule has 9 nitrogen and oxygen atoms in total. The van der Waals surface area contributed by atoms with Gasteiger partial charge in [-0.05, 0) is 57.1 Å². The SMILES string of the molecule is NC(=O)C1=CN(C2CCC(COP(NCC(=O)OC3CCCCC3)Oc3ccccc3)O2)C=CC1. The van der Waals surface area contributed by atoms with Gasteiger partial charge in [0.25, 0.3) is 0 Å². The fourth-order valence-electron chi connectivity index (χ4n) is 4.32. The number of carbonyl (C=O) groups excluding carboxylic acids is 2. The Morgan fingerprint density at radius 2 is 1.91 bits per heavy atom. The number of amides is 1. The van der Waals surface area contributed by atoms with E-state index in [0.717, 1.165) is 38.5 Å². The molecule has 1 amide bonds. The third-order valence-electron chi connectivity index (χ3n) is 6.17. The lowest BCUT2D eigenvalue weighted by Crippen LogP contribution is -2.31. The number of hydrogen-bond acceptors (Lipinski definition) is 8. The van der Waals surface area contributed by atoms with E-state index in [4.69, 9.17) is 24.3 Å². The van der Waals surface area contributed by atoms with Crippen molar-refractivity contribution in [3.05, 3.63) is 54.4 Å². The predicted octanol–water partition coefficient (Wildman–Crippen LogP) is 3.87. The number of hydrogen-bond donors (Lipinski definition) is 2. The minimum absolute atomic E-state index is 0.0111. The summed E-state index contributed by atoms with van der Waals surface area (Å²) < 4.78 is 23.8. The molecule has 1 aliphatic carbocycles. The Bertz CT molecular complexity index is 906. The van der Waals surface area contributed by atoms with E-state index < -0.39 is 14.4 Å². The van der Waals surface area contributed by atoms with Gasteiger partial charge in [-0.2, -0.15) is 0 Å². The molecule has 0 spiro atoms. The Kier molecular flexibility index (Phi) is 9.54. The number of benzene rings is 1. The number of primary amides is 1. The maximum Gasteiger partial charge on any atom is 0.320 e. The van der Waals surface area contributed by atoms with Crippen LogP contribution in [0.2, 0.25) is 0 Å². The summed E-state index contributed by atoms with van der Waals surface area (Å²) in [6.45, 7) is 0.325. The quantitative estimate of drug-likeness (QED) is 0.346. The fourth-order valence-corrected chi connectivity index (χ4v) is 5.40. The van der Waals surface area contributed by atoms with Gasteiger partial charge in [0.05, 0.1) is 12.7 Å². The molecule has 10 heteroatoms. The highest BCUT2D eigenvalue weighted by Gasteiger charge is 2.31. The van der Waals surface area contributed by atoms with E-state index in [9.17, 15) is 9.59 Å². The normalized spacial score (nSPS) is 23.5. The van der Waals surface area contributed by atoms with Crippen molar-refractivity contribution in [2.24, 2.45) is 5.73 Å². The number of nitrogens with one attached hydrogen (secondary N) is 1. The number of allylic oxidation sites excluding steroid dienone is 1. The molecule has 3 aliphatic rings. The van der Waals surface area contributed by atoms with Gasteiger partial charge in [-0.1, -0.05) is 30.7 Å². The first-order valence-corrected chi connectivity index (χ1v) is 13.4. The molecule has 2 fully saturated rings. The van der Waals surface area contributed by atoms with Crippen molar-refractivity contribution in [1.82, 2.24) is 9.99 Å². The highest BCUT2D eigenvalue weighted by atomic mass is 31.2. The molecule has 190 valence electrons. The van der Waals surface area contributed by atoms with E-state index in [1.165, 1.54) is 6.42 Å². The molecule has 1 saturated heterocycles. The van der Waals surface area contributed by atoms with Crippen molar-refractivity contribution < 1.29 is 28.1 Å². The summed E-state index contributed by atoms with van der Waals surface area (Å²) in [6, 6.07) is 9.35. The van der Waals surface area contributed by atoms with E-state index in [0.29, 0.717) is 24.4 Å². The molecule has 0 bridgehead atoms. The Labute approximate surface area is 207 Å². The average molecular weight is 504 g/mol. The molecule has 0 radical (unpaired) electrons. The summed E-state index contributed by atoms with van der Waals surface area (Å²) in [6.07, 6.45) is 12.6. The first kappa shape index (κ1) is 25.6. The highest BCUT2D eigenvalue weighted by molar-refractivity contribution is 7.45. The van der Waals surface area contributed by atoms with Crippen molar-refractivity contribution in [2.45, 2.75) is 69.8 Å². The topological polar surface area (TPSA) is 112 Å². The molecule has 3 unspecified atom stereocenters. The molecule has 3 N–H and O–H groups in total. The van der Waals surface area contributed by atoms with E-state index in [1.807, 2.05) is 47.5 Å². The lowest BCUT2D eigenvalue weighted by atomic mass is 9.98. The van der Waals surface area contributed by atoms with Crippen molar-refractivity contribution in [2.75, 3.05) is 13.2 Å². The summed E-state index contributed by atoms with van der Waals surface area (Å²) in [5.74, 6) is -0.0654. The number of nitrogens with two attached hydrogens (primary N) is 1. The third-order valence-corrected chi connectivity index (χ3v) is 7.34. The van der Waals surface area contributed by atoms with E-state index >= 15 is 0 Å².